The molecular weight excluding hydrogens is 968 g/mol. The predicted octanol–water partition coefficient (Wildman–Crippen LogP) is 10.6. The van der Waals surface area contributed by atoms with Gasteiger partial charge in [0.05, 0.1) is 26.5 Å². The highest BCUT2D eigenvalue weighted by Gasteiger charge is 2.17. The minimum Gasteiger partial charge on any atom is -0.508 e. The number of ether oxygens (including phenoxy) is 1. The molecule has 0 spiro atoms. The fourth-order valence-corrected chi connectivity index (χ4v) is 7.03. The molecule has 324 valence electrons. The lowest BCUT2D eigenvalue weighted by molar-refractivity contribution is 0.101. The summed E-state index contributed by atoms with van der Waals surface area (Å²) in [6.07, 6.45) is 2.81. The molecule has 8 rings (SSSR count). The molecule has 0 saturated heterocycles. The molecule has 21 heteroatoms. The topological polar surface area (TPSA) is 175 Å². The molecule has 63 heavy (non-hydrogen) atoms. The second-order valence-corrected chi connectivity index (χ2v) is 15.5. The number of aryl methyl sites for hydroxylation is 4. The number of aromatic hydroxyl groups is 1. The van der Waals surface area contributed by atoms with E-state index in [1.807, 2.05) is 20.0 Å². The molecule has 0 radical (unpaired) electrons. The number of amides is 2. The summed E-state index contributed by atoms with van der Waals surface area (Å²) < 4.78 is 35.6. The standard InChI is InChI=1S/C21H16Cl2FN5O2.C14H11ClFNO2.C7H6BrClN4/c1-11-3-5-13(27-21(30)12-4-6-15(24)14(22)7-12)8-17(11)31-9-16-18-19(23)25-10-26-20(18)29(2)28-16;1-8-2-4-10(7-13(8)18)17-14(19)9-3-5-12(16)11(15)6-9;1-13-7-5(4(2-8)12-13)6(9)10-3-11-7/h3-8,10H,9H2,1-2H3,(H,27,30);2-7,18H,1H3,(H,17,19);3H,2H2,1H3. The highest BCUT2D eigenvalue weighted by Crippen LogP contribution is 2.29. The number of halogens is 7. The molecule has 4 aromatic heterocycles. The Morgan fingerprint density at radius 1 is 0.683 bits per heavy atom. The van der Waals surface area contributed by atoms with Gasteiger partial charge in [-0.25, -0.2) is 33.4 Å². The molecule has 0 aliphatic heterocycles. The third-order valence-corrected chi connectivity index (χ3v) is 10.7. The molecule has 2 amide bonds. The number of nitrogens with one attached hydrogen (secondary N) is 2. The second-order valence-electron chi connectivity index (χ2n) is 13.4. The van der Waals surface area contributed by atoms with Crippen LogP contribution in [0.4, 0.5) is 20.2 Å². The summed E-state index contributed by atoms with van der Waals surface area (Å²) in [6, 6.07) is 17.5. The van der Waals surface area contributed by atoms with Crippen LogP contribution in [0.5, 0.6) is 11.5 Å². The fraction of sp³-hybridized carbons (Fsp3) is 0.143. The second kappa shape index (κ2) is 20.5. The lowest BCUT2D eigenvalue weighted by Gasteiger charge is -2.12. The molecule has 0 aliphatic rings. The zero-order valence-corrected chi connectivity index (χ0v) is 38.0. The third kappa shape index (κ3) is 11.2. The summed E-state index contributed by atoms with van der Waals surface area (Å²) in [5.74, 6) is -1.36. The van der Waals surface area contributed by atoms with E-state index in [0.29, 0.717) is 55.1 Å². The molecular formula is C42H33BrCl4F2N10O4. The predicted molar refractivity (Wildman–Crippen MR) is 242 cm³/mol. The van der Waals surface area contributed by atoms with Crippen LogP contribution in [0, 0.1) is 25.5 Å². The average molecular weight is 1000 g/mol. The van der Waals surface area contributed by atoms with Crippen molar-refractivity contribution >= 4 is 108 Å². The number of alkyl halides is 1. The van der Waals surface area contributed by atoms with Crippen molar-refractivity contribution in [1.82, 2.24) is 39.5 Å². The van der Waals surface area contributed by atoms with E-state index in [0.717, 1.165) is 34.4 Å². The SMILES string of the molecule is Cc1ccc(NC(=O)c2ccc(F)c(Cl)c2)cc1O.Cc1ccc(NC(=O)c2ccc(F)c(Cl)c2)cc1OCc1nn(C)c2ncnc(Cl)c12.Cn1nc(CBr)c2c(Cl)ncnc21. The first-order valence-electron chi connectivity index (χ1n) is 18.3. The monoisotopic (exact) mass is 998 g/mol. The molecule has 14 nitrogen and oxygen atoms in total. The van der Waals surface area contributed by atoms with Crippen LogP contribution in [-0.4, -0.2) is 56.4 Å². The number of aromatic nitrogens is 8. The van der Waals surface area contributed by atoms with E-state index in [1.54, 1.807) is 47.6 Å². The zero-order chi connectivity index (χ0) is 45.5. The minimum absolute atomic E-state index is 0.0925. The van der Waals surface area contributed by atoms with E-state index in [2.05, 4.69) is 56.7 Å². The number of rotatable bonds is 8. The van der Waals surface area contributed by atoms with E-state index in [9.17, 15) is 23.5 Å². The van der Waals surface area contributed by atoms with Gasteiger partial charge in [0.25, 0.3) is 11.8 Å². The van der Waals surface area contributed by atoms with Crippen molar-refractivity contribution in [2.45, 2.75) is 25.8 Å². The van der Waals surface area contributed by atoms with E-state index in [1.165, 1.54) is 43.0 Å². The number of anilines is 2. The molecule has 0 aliphatic carbocycles. The number of carbonyl (C=O) groups is 2. The summed E-state index contributed by atoms with van der Waals surface area (Å²) in [5, 5.41) is 26.2. The smallest absolute Gasteiger partial charge is 0.255 e. The molecule has 0 unspecified atom stereocenters. The van der Waals surface area contributed by atoms with Crippen molar-refractivity contribution in [2.75, 3.05) is 10.6 Å². The number of nitrogens with zero attached hydrogens (tertiary/aromatic N) is 8. The van der Waals surface area contributed by atoms with Crippen LogP contribution in [0.15, 0.2) is 85.5 Å². The average Bonchev–Trinajstić information content (AvgIpc) is 3.78. The molecule has 0 bridgehead atoms. The third-order valence-electron chi connectivity index (χ3n) is 9.06. The minimum atomic E-state index is -0.586. The maximum Gasteiger partial charge on any atom is 0.255 e. The summed E-state index contributed by atoms with van der Waals surface area (Å²) in [6.45, 7) is 3.77. The Kier molecular flexibility index (Phi) is 15.1. The zero-order valence-electron chi connectivity index (χ0n) is 33.4. The lowest BCUT2D eigenvalue weighted by atomic mass is 10.1. The Bertz CT molecular complexity index is 3010. The first kappa shape index (κ1) is 46.5. The first-order valence-corrected chi connectivity index (χ1v) is 20.9. The summed E-state index contributed by atoms with van der Waals surface area (Å²) in [7, 11) is 3.59. The van der Waals surface area contributed by atoms with Gasteiger partial charge in [-0.2, -0.15) is 10.2 Å². The summed E-state index contributed by atoms with van der Waals surface area (Å²) in [5.41, 5.74) is 5.85. The van der Waals surface area contributed by atoms with Gasteiger partial charge < -0.3 is 20.5 Å². The Hall–Kier alpha value is -5.98. The number of phenols is 1. The maximum absolute atomic E-state index is 13.3. The van der Waals surface area contributed by atoms with Crippen LogP contribution in [0.1, 0.15) is 43.2 Å². The molecule has 3 N–H and O–H groups in total. The van der Waals surface area contributed by atoms with Gasteiger partial charge in [-0.05, 0) is 73.5 Å². The van der Waals surface area contributed by atoms with E-state index in [4.69, 9.17) is 51.1 Å². The Morgan fingerprint density at radius 3 is 1.65 bits per heavy atom. The van der Waals surface area contributed by atoms with Crippen LogP contribution in [0.25, 0.3) is 22.1 Å². The molecule has 0 saturated carbocycles. The maximum atomic E-state index is 13.3. The highest BCUT2D eigenvalue weighted by molar-refractivity contribution is 9.08. The number of benzene rings is 4. The Labute approximate surface area is 386 Å². The Morgan fingerprint density at radius 2 is 1.16 bits per heavy atom. The number of phenolic OH excluding ortho intramolecular Hbond substituents is 1. The van der Waals surface area contributed by atoms with E-state index >= 15 is 0 Å². The van der Waals surface area contributed by atoms with Crippen LogP contribution < -0.4 is 15.4 Å². The van der Waals surface area contributed by atoms with Gasteiger partial charge in [-0.15, -0.1) is 0 Å². The molecule has 4 aromatic carbocycles. The molecule has 4 heterocycles. The van der Waals surface area contributed by atoms with Gasteiger partial charge in [0.1, 0.15) is 58.4 Å². The van der Waals surface area contributed by atoms with E-state index in [-0.39, 0.29) is 33.5 Å². The number of carbonyl (C=O) groups excluding carboxylic acids is 2. The van der Waals surface area contributed by atoms with Crippen LogP contribution in [-0.2, 0) is 26.0 Å². The van der Waals surface area contributed by atoms with Gasteiger partial charge in [-0.1, -0.05) is 74.5 Å². The van der Waals surface area contributed by atoms with Gasteiger partial charge in [0.15, 0.2) is 11.3 Å². The van der Waals surface area contributed by atoms with Crippen molar-refractivity contribution in [3.05, 3.63) is 151 Å². The van der Waals surface area contributed by atoms with Crippen molar-refractivity contribution in [1.29, 1.82) is 0 Å². The summed E-state index contributed by atoms with van der Waals surface area (Å²) in [4.78, 5) is 40.6. The molecule has 0 fully saturated rings. The van der Waals surface area contributed by atoms with E-state index < -0.39 is 23.4 Å². The van der Waals surface area contributed by atoms with Gasteiger partial charge >= 0.3 is 0 Å². The van der Waals surface area contributed by atoms with Crippen molar-refractivity contribution in [2.24, 2.45) is 14.1 Å². The highest BCUT2D eigenvalue weighted by atomic mass is 79.9. The van der Waals surface area contributed by atoms with Gasteiger partial charge in [0.2, 0.25) is 0 Å². The van der Waals surface area contributed by atoms with Crippen molar-refractivity contribution < 1.29 is 28.2 Å². The quantitative estimate of drug-likeness (QED) is 0.0981. The number of hydrogen-bond acceptors (Lipinski definition) is 10. The van der Waals surface area contributed by atoms with Gasteiger partial charge in [-0.3, -0.25) is 14.3 Å². The fourth-order valence-electron chi connectivity index (χ4n) is 5.80. The summed E-state index contributed by atoms with van der Waals surface area (Å²) >= 11 is 26.8. The van der Waals surface area contributed by atoms with Gasteiger partial charge in [0, 0.05) is 54.1 Å². The van der Waals surface area contributed by atoms with Crippen LogP contribution in [0.3, 0.4) is 0 Å². The normalized spacial score (nSPS) is 10.8. The lowest BCUT2D eigenvalue weighted by Crippen LogP contribution is -2.12. The number of hydrogen-bond donors (Lipinski definition) is 3. The number of fused-ring (bicyclic) bond motifs is 2. The molecule has 0 atom stereocenters. The first-order chi connectivity index (χ1) is 30.0. The van der Waals surface area contributed by atoms with Crippen molar-refractivity contribution in [3.8, 4) is 11.5 Å². The van der Waals surface area contributed by atoms with Crippen LogP contribution in [0.2, 0.25) is 20.4 Å². The van der Waals surface area contributed by atoms with Crippen molar-refractivity contribution in [3.63, 3.8) is 0 Å². The molecule has 8 aromatic rings. The Balaban J connectivity index is 0.000000175. The largest absolute Gasteiger partial charge is 0.508 e. The van der Waals surface area contributed by atoms with Crippen LogP contribution >= 0.6 is 62.3 Å².